The van der Waals surface area contributed by atoms with Crippen molar-refractivity contribution >= 4 is 18.1 Å². The zero-order valence-corrected chi connectivity index (χ0v) is 12.2. The summed E-state index contributed by atoms with van der Waals surface area (Å²) in [6.45, 7) is 7.55. The van der Waals surface area contributed by atoms with Crippen LogP contribution in [0.2, 0.25) is 0 Å². The van der Waals surface area contributed by atoms with Crippen molar-refractivity contribution in [2.45, 2.75) is 34.3 Å². The second-order valence-corrected chi connectivity index (χ2v) is 4.58. The van der Waals surface area contributed by atoms with E-state index in [1.165, 1.54) is 6.92 Å². The van der Waals surface area contributed by atoms with Crippen molar-refractivity contribution in [3.8, 4) is 0 Å². The third kappa shape index (κ3) is 4.08. The van der Waals surface area contributed by atoms with Crippen LogP contribution in [0.3, 0.4) is 0 Å². The summed E-state index contributed by atoms with van der Waals surface area (Å²) in [5.74, 6) is -0.399. The molecule has 1 aromatic carbocycles. The van der Waals surface area contributed by atoms with E-state index in [-0.39, 0.29) is 18.5 Å². The molecule has 0 atom stereocenters. The molecule has 0 bridgehead atoms. The number of aryl methyl sites for hydroxylation is 2. The van der Waals surface area contributed by atoms with Crippen molar-refractivity contribution in [1.82, 2.24) is 0 Å². The SMILES string of the molecule is CC(=O)OCc1c(C)cc(C)c(C=NN=C(N)N)c1C. The summed E-state index contributed by atoms with van der Waals surface area (Å²) in [6, 6.07) is 2.02. The number of nitrogens with two attached hydrogens (primary N) is 2. The minimum atomic E-state index is -0.305. The lowest BCUT2D eigenvalue weighted by molar-refractivity contribution is -0.142. The summed E-state index contributed by atoms with van der Waals surface area (Å²) in [5, 5.41) is 7.42. The van der Waals surface area contributed by atoms with E-state index < -0.39 is 0 Å². The highest BCUT2D eigenvalue weighted by molar-refractivity contribution is 5.85. The third-order valence-corrected chi connectivity index (χ3v) is 2.97. The Bertz CT molecular complexity index is 573. The molecule has 0 fully saturated rings. The first-order valence-electron chi connectivity index (χ1n) is 6.18. The Kier molecular flexibility index (Phi) is 5.25. The van der Waals surface area contributed by atoms with Gasteiger partial charge in [-0.3, -0.25) is 4.79 Å². The van der Waals surface area contributed by atoms with Crippen LogP contribution in [0, 0.1) is 20.8 Å². The van der Waals surface area contributed by atoms with Crippen LogP contribution in [0.25, 0.3) is 0 Å². The molecule has 108 valence electrons. The lowest BCUT2D eigenvalue weighted by Crippen LogP contribution is -2.21. The normalized spacial score (nSPS) is 10.6. The van der Waals surface area contributed by atoms with Crippen LogP contribution in [0.5, 0.6) is 0 Å². The van der Waals surface area contributed by atoms with E-state index in [2.05, 4.69) is 10.2 Å². The Morgan fingerprint density at radius 3 is 2.50 bits per heavy atom. The Morgan fingerprint density at radius 1 is 1.30 bits per heavy atom. The lowest BCUT2D eigenvalue weighted by Gasteiger charge is -2.14. The molecular formula is C14H20N4O2. The molecule has 6 heteroatoms. The second kappa shape index (κ2) is 6.70. The minimum Gasteiger partial charge on any atom is -0.461 e. The van der Waals surface area contributed by atoms with Crippen molar-refractivity contribution in [3.63, 3.8) is 0 Å². The Hall–Kier alpha value is -2.37. The molecule has 0 saturated heterocycles. The predicted octanol–water partition coefficient (Wildman–Crippen LogP) is 1.28. The quantitative estimate of drug-likeness (QED) is 0.374. The van der Waals surface area contributed by atoms with Crippen molar-refractivity contribution in [1.29, 1.82) is 0 Å². The van der Waals surface area contributed by atoms with Gasteiger partial charge in [0.2, 0.25) is 5.96 Å². The molecule has 20 heavy (non-hydrogen) atoms. The van der Waals surface area contributed by atoms with Gasteiger partial charge in [-0.15, -0.1) is 5.10 Å². The summed E-state index contributed by atoms with van der Waals surface area (Å²) < 4.78 is 5.08. The molecule has 0 heterocycles. The van der Waals surface area contributed by atoms with Gasteiger partial charge in [-0.1, -0.05) is 6.07 Å². The standard InChI is InChI=1S/C14H20N4O2/c1-8-5-9(2)13(7-20-11(4)19)10(3)12(8)6-17-18-14(15)16/h5-6H,7H2,1-4H3,(H4,15,16,18). The number of benzene rings is 1. The van der Waals surface area contributed by atoms with Gasteiger partial charge in [-0.05, 0) is 43.0 Å². The number of guanidine groups is 1. The largest absolute Gasteiger partial charge is 0.461 e. The molecule has 0 saturated carbocycles. The minimum absolute atomic E-state index is 0.0937. The zero-order valence-electron chi connectivity index (χ0n) is 12.2. The van der Waals surface area contributed by atoms with E-state index in [1.807, 2.05) is 26.8 Å². The maximum absolute atomic E-state index is 10.9. The number of rotatable bonds is 4. The highest BCUT2D eigenvalue weighted by atomic mass is 16.5. The van der Waals surface area contributed by atoms with E-state index in [4.69, 9.17) is 16.2 Å². The van der Waals surface area contributed by atoms with Crippen molar-refractivity contribution in [3.05, 3.63) is 33.9 Å². The molecule has 0 spiro atoms. The number of nitrogens with zero attached hydrogens (tertiary/aromatic N) is 2. The highest BCUT2D eigenvalue weighted by Crippen LogP contribution is 2.22. The molecule has 1 rings (SSSR count). The van der Waals surface area contributed by atoms with Crippen LogP contribution in [0.1, 0.15) is 34.7 Å². The van der Waals surface area contributed by atoms with Gasteiger partial charge >= 0.3 is 5.97 Å². The number of carbonyl (C=O) groups excluding carboxylic acids is 1. The lowest BCUT2D eigenvalue weighted by atomic mass is 9.94. The van der Waals surface area contributed by atoms with Gasteiger partial charge in [0.15, 0.2) is 0 Å². The van der Waals surface area contributed by atoms with Gasteiger partial charge in [0.1, 0.15) is 6.61 Å². The van der Waals surface area contributed by atoms with Crippen LogP contribution in [-0.4, -0.2) is 18.1 Å². The Morgan fingerprint density at radius 2 is 1.95 bits per heavy atom. The van der Waals surface area contributed by atoms with Gasteiger partial charge in [-0.25, -0.2) is 0 Å². The number of carbonyl (C=O) groups is 1. The molecule has 0 radical (unpaired) electrons. The summed E-state index contributed by atoms with van der Waals surface area (Å²) >= 11 is 0. The molecule has 6 nitrogen and oxygen atoms in total. The van der Waals surface area contributed by atoms with Gasteiger partial charge in [0, 0.05) is 12.5 Å². The van der Waals surface area contributed by atoms with E-state index in [9.17, 15) is 4.79 Å². The van der Waals surface area contributed by atoms with E-state index >= 15 is 0 Å². The fourth-order valence-electron chi connectivity index (χ4n) is 1.99. The maximum Gasteiger partial charge on any atom is 0.302 e. The first-order chi connectivity index (χ1) is 9.32. The number of hydrogen-bond acceptors (Lipinski definition) is 4. The van der Waals surface area contributed by atoms with Crippen LogP contribution in [0.15, 0.2) is 16.3 Å². The fourth-order valence-corrected chi connectivity index (χ4v) is 1.99. The van der Waals surface area contributed by atoms with Gasteiger partial charge in [0.25, 0.3) is 0 Å². The van der Waals surface area contributed by atoms with E-state index in [0.29, 0.717) is 0 Å². The Balaban J connectivity index is 3.18. The van der Waals surface area contributed by atoms with Crippen molar-refractivity contribution in [2.75, 3.05) is 0 Å². The molecule has 0 aromatic heterocycles. The average Bonchev–Trinajstić information content (AvgIpc) is 2.32. The zero-order chi connectivity index (χ0) is 15.3. The van der Waals surface area contributed by atoms with Crippen LogP contribution in [-0.2, 0) is 16.1 Å². The number of hydrogen-bond donors (Lipinski definition) is 2. The topological polar surface area (TPSA) is 103 Å². The molecule has 0 amide bonds. The monoisotopic (exact) mass is 276 g/mol. The van der Waals surface area contributed by atoms with Gasteiger partial charge < -0.3 is 16.2 Å². The van der Waals surface area contributed by atoms with Gasteiger partial charge in [0.05, 0.1) is 6.21 Å². The van der Waals surface area contributed by atoms with Gasteiger partial charge in [-0.2, -0.15) is 5.10 Å². The molecule has 0 aliphatic rings. The summed E-state index contributed by atoms with van der Waals surface area (Å²) in [6.07, 6.45) is 1.60. The first kappa shape index (κ1) is 15.7. The van der Waals surface area contributed by atoms with Crippen LogP contribution >= 0.6 is 0 Å². The van der Waals surface area contributed by atoms with Crippen molar-refractivity contribution < 1.29 is 9.53 Å². The molecule has 0 aliphatic heterocycles. The second-order valence-electron chi connectivity index (χ2n) is 4.58. The van der Waals surface area contributed by atoms with E-state index in [1.54, 1.807) is 6.21 Å². The maximum atomic E-state index is 10.9. The average molecular weight is 276 g/mol. The molecule has 0 aliphatic carbocycles. The number of ether oxygens (including phenoxy) is 1. The molecule has 4 N–H and O–H groups in total. The first-order valence-corrected chi connectivity index (χ1v) is 6.18. The highest BCUT2D eigenvalue weighted by Gasteiger charge is 2.11. The third-order valence-electron chi connectivity index (χ3n) is 2.97. The molecular weight excluding hydrogens is 256 g/mol. The Labute approximate surface area is 118 Å². The summed E-state index contributed by atoms with van der Waals surface area (Å²) in [5.41, 5.74) is 15.5. The van der Waals surface area contributed by atoms with Crippen LogP contribution < -0.4 is 11.5 Å². The van der Waals surface area contributed by atoms with Crippen LogP contribution in [0.4, 0.5) is 0 Å². The fraction of sp³-hybridized carbons (Fsp3) is 0.357. The molecule has 1 aromatic rings. The smallest absolute Gasteiger partial charge is 0.302 e. The van der Waals surface area contributed by atoms with E-state index in [0.717, 1.165) is 27.8 Å². The summed E-state index contributed by atoms with van der Waals surface area (Å²) in [7, 11) is 0. The predicted molar refractivity (Wildman–Crippen MR) is 79.5 cm³/mol. The van der Waals surface area contributed by atoms with Crippen molar-refractivity contribution in [2.24, 2.45) is 21.7 Å². The summed E-state index contributed by atoms with van der Waals surface area (Å²) in [4.78, 5) is 10.9. The number of esters is 1. The molecule has 0 unspecified atom stereocenters.